The maximum absolute atomic E-state index is 12.4. The number of hydrogen-bond acceptors (Lipinski definition) is 4. The van der Waals surface area contributed by atoms with Crippen LogP contribution in [0.4, 0.5) is 0 Å². The SMILES string of the molecule is CCc1ccccc1-c1cc(C(=O)O)c(=O)n(CC(=O)OC(C)(C)C)c1. The summed E-state index contributed by atoms with van der Waals surface area (Å²) in [5.74, 6) is -1.93. The van der Waals surface area contributed by atoms with Crippen molar-refractivity contribution in [2.45, 2.75) is 46.3 Å². The molecule has 0 saturated heterocycles. The third-order valence-corrected chi connectivity index (χ3v) is 3.75. The van der Waals surface area contributed by atoms with Crippen molar-refractivity contribution in [1.29, 1.82) is 0 Å². The second-order valence-electron chi connectivity index (χ2n) is 6.98. The number of carbonyl (C=O) groups is 2. The number of esters is 1. The van der Waals surface area contributed by atoms with Gasteiger partial charge in [-0.05, 0) is 49.9 Å². The minimum Gasteiger partial charge on any atom is -0.477 e. The average Bonchev–Trinajstić information content (AvgIpc) is 2.54. The Morgan fingerprint density at radius 2 is 1.85 bits per heavy atom. The molecule has 0 unspecified atom stereocenters. The van der Waals surface area contributed by atoms with E-state index in [1.165, 1.54) is 12.3 Å². The van der Waals surface area contributed by atoms with Crippen LogP contribution in [0.5, 0.6) is 0 Å². The lowest BCUT2D eigenvalue weighted by molar-refractivity contribution is -0.155. The average molecular weight is 357 g/mol. The molecular weight excluding hydrogens is 334 g/mol. The minimum atomic E-state index is -1.33. The molecule has 0 atom stereocenters. The Labute approximate surface area is 152 Å². The van der Waals surface area contributed by atoms with Gasteiger partial charge in [0.15, 0.2) is 0 Å². The molecule has 6 heteroatoms. The molecule has 1 heterocycles. The van der Waals surface area contributed by atoms with Crippen LogP contribution in [0.15, 0.2) is 41.3 Å². The van der Waals surface area contributed by atoms with Crippen molar-refractivity contribution in [3.63, 3.8) is 0 Å². The second-order valence-corrected chi connectivity index (χ2v) is 6.98. The van der Waals surface area contributed by atoms with Crippen LogP contribution in [-0.4, -0.2) is 27.2 Å². The normalized spacial score (nSPS) is 11.2. The molecule has 6 nitrogen and oxygen atoms in total. The zero-order valence-corrected chi connectivity index (χ0v) is 15.4. The quantitative estimate of drug-likeness (QED) is 0.831. The smallest absolute Gasteiger partial charge is 0.341 e. The number of benzene rings is 1. The summed E-state index contributed by atoms with van der Waals surface area (Å²) in [6.45, 7) is 6.82. The molecule has 0 aliphatic carbocycles. The number of carboxylic acids is 1. The summed E-state index contributed by atoms with van der Waals surface area (Å²) in [5, 5.41) is 9.38. The standard InChI is InChI=1S/C20H23NO5/c1-5-13-8-6-7-9-15(13)14-10-16(19(24)25)18(23)21(11-14)12-17(22)26-20(2,3)4/h6-11H,5,12H2,1-4H3,(H,24,25). The number of aromatic carboxylic acids is 1. The van der Waals surface area contributed by atoms with Gasteiger partial charge in [0.25, 0.3) is 5.56 Å². The largest absolute Gasteiger partial charge is 0.477 e. The van der Waals surface area contributed by atoms with Gasteiger partial charge in [0, 0.05) is 6.20 Å². The summed E-state index contributed by atoms with van der Waals surface area (Å²) in [7, 11) is 0. The van der Waals surface area contributed by atoms with Crippen molar-refractivity contribution in [1.82, 2.24) is 4.57 Å². The fourth-order valence-electron chi connectivity index (χ4n) is 2.68. The van der Waals surface area contributed by atoms with E-state index in [9.17, 15) is 19.5 Å². The van der Waals surface area contributed by atoms with E-state index in [0.717, 1.165) is 22.1 Å². The number of nitrogens with zero attached hydrogens (tertiary/aromatic N) is 1. The lowest BCUT2D eigenvalue weighted by Crippen LogP contribution is -2.32. The van der Waals surface area contributed by atoms with E-state index < -0.39 is 23.1 Å². The highest BCUT2D eigenvalue weighted by Gasteiger charge is 2.20. The van der Waals surface area contributed by atoms with Gasteiger partial charge in [0.1, 0.15) is 17.7 Å². The molecule has 0 saturated carbocycles. The molecule has 0 spiro atoms. The predicted octanol–water partition coefficient (Wildman–Crippen LogP) is 3.12. The van der Waals surface area contributed by atoms with E-state index in [1.807, 2.05) is 31.2 Å². The molecule has 0 fully saturated rings. The molecular formula is C20H23NO5. The van der Waals surface area contributed by atoms with Gasteiger partial charge in [0.2, 0.25) is 0 Å². The Kier molecular flexibility index (Phi) is 5.65. The van der Waals surface area contributed by atoms with E-state index in [2.05, 4.69) is 0 Å². The van der Waals surface area contributed by atoms with E-state index in [4.69, 9.17) is 4.74 Å². The van der Waals surface area contributed by atoms with Gasteiger partial charge >= 0.3 is 11.9 Å². The highest BCUT2D eigenvalue weighted by atomic mass is 16.6. The summed E-state index contributed by atoms with van der Waals surface area (Å²) in [6, 6.07) is 8.90. The number of aryl methyl sites for hydroxylation is 1. The maximum Gasteiger partial charge on any atom is 0.341 e. The number of carboxylic acid groups (broad SMARTS) is 1. The van der Waals surface area contributed by atoms with Gasteiger partial charge in [-0.2, -0.15) is 0 Å². The number of carbonyl (C=O) groups excluding carboxylic acids is 1. The number of pyridine rings is 1. The van der Waals surface area contributed by atoms with Crippen molar-refractivity contribution in [3.8, 4) is 11.1 Å². The lowest BCUT2D eigenvalue weighted by Gasteiger charge is -2.20. The predicted molar refractivity (Wildman–Crippen MR) is 98.3 cm³/mol. The van der Waals surface area contributed by atoms with Crippen LogP contribution < -0.4 is 5.56 Å². The third kappa shape index (κ3) is 4.59. The van der Waals surface area contributed by atoms with Crippen molar-refractivity contribution < 1.29 is 19.4 Å². The van der Waals surface area contributed by atoms with E-state index in [0.29, 0.717) is 5.56 Å². The van der Waals surface area contributed by atoms with Gasteiger partial charge in [-0.15, -0.1) is 0 Å². The van der Waals surface area contributed by atoms with E-state index in [-0.39, 0.29) is 12.1 Å². The van der Waals surface area contributed by atoms with Gasteiger partial charge in [-0.3, -0.25) is 9.59 Å². The Hall–Kier alpha value is -2.89. The highest BCUT2D eigenvalue weighted by molar-refractivity contribution is 5.89. The fraction of sp³-hybridized carbons (Fsp3) is 0.350. The molecule has 0 aliphatic heterocycles. The molecule has 0 amide bonds. The minimum absolute atomic E-state index is 0.349. The van der Waals surface area contributed by atoms with E-state index in [1.54, 1.807) is 20.8 Å². The molecule has 1 aromatic carbocycles. The van der Waals surface area contributed by atoms with Crippen molar-refractivity contribution >= 4 is 11.9 Å². The molecule has 138 valence electrons. The first-order valence-corrected chi connectivity index (χ1v) is 8.40. The van der Waals surface area contributed by atoms with Crippen LogP contribution in [-0.2, 0) is 22.5 Å². The summed E-state index contributed by atoms with van der Waals surface area (Å²) in [6.07, 6.45) is 2.26. The van der Waals surface area contributed by atoms with Gasteiger partial charge in [-0.1, -0.05) is 31.2 Å². The maximum atomic E-state index is 12.4. The van der Waals surface area contributed by atoms with Crippen molar-refractivity contribution in [3.05, 3.63) is 58.0 Å². The number of rotatable bonds is 5. The van der Waals surface area contributed by atoms with Crippen LogP contribution in [0.2, 0.25) is 0 Å². The zero-order valence-electron chi connectivity index (χ0n) is 15.4. The Balaban J connectivity index is 2.55. The van der Waals surface area contributed by atoms with Crippen LogP contribution in [0.25, 0.3) is 11.1 Å². The summed E-state index contributed by atoms with van der Waals surface area (Å²) < 4.78 is 6.34. The first-order chi connectivity index (χ1) is 12.1. The monoisotopic (exact) mass is 357 g/mol. The molecule has 2 rings (SSSR count). The van der Waals surface area contributed by atoms with Crippen LogP contribution in [0, 0.1) is 0 Å². The molecule has 0 radical (unpaired) electrons. The topological polar surface area (TPSA) is 85.6 Å². The number of hydrogen-bond donors (Lipinski definition) is 1. The van der Waals surface area contributed by atoms with Crippen LogP contribution >= 0.6 is 0 Å². The van der Waals surface area contributed by atoms with Gasteiger partial charge < -0.3 is 14.4 Å². The van der Waals surface area contributed by atoms with Crippen LogP contribution in [0.3, 0.4) is 0 Å². The summed E-state index contributed by atoms with van der Waals surface area (Å²) >= 11 is 0. The third-order valence-electron chi connectivity index (χ3n) is 3.75. The summed E-state index contributed by atoms with van der Waals surface area (Å²) in [4.78, 5) is 36.0. The molecule has 0 aliphatic rings. The highest BCUT2D eigenvalue weighted by Crippen LogP contribution is 2.24. The van der Waals surface area contributed by atoms with Crippen LogP contribution in [0.1, 0.15) is 43.6 Å². The lowest BCUT2D eigenvalue weighted by atomic mass is 9.98. The second kappa shape index (κ2) is 7.56. The molecule has 1 aromatic heterocycles. The molecule has 2 aromatic rings. The first-order valence-electron chi connectivity index (χ1n) is 8.40. The Morgan fingerprint density at radius 1 is 1.19 bits per heavy atom. The Bertz CT molecular complexity index is 890. The van der Waals surface area contributed by atoms with E-state index >= 15 is 0 Å². The zero-order chi connectivity index (χ0) is 19.5. The van der Waals surface area contributed by atoms with Crippen molar-refractivity contribution in [2.24, 2.45) is 0 Å². The number of aromatic nitrogens is 1. The molecule has 26 heavy (non-hydrogen) atoms. The first kappa shape index (κ1) is 19.4. The molecule has 1 N–H and O–H groups in total. The van der Waals surface area contributed by atoms with Crippen molar-refractivity contribution in [2.75, 3.05) is 0 Å². The van der Waals surface area contributed by atoms with Gasteiger partial charge in [-0.25, -0.2) is 4.79 Å². The summed E-state index contributed by atoms with van der Waals surface area (Å²) in [5.41, 5.74) is 0.616. The van der Waals surface area contributed by atoms with Gasteiger partial charge in [0.05, 0.1) is 0 Å². The Morgan fingerprint density at radius 3 is 2.42 bits per heavy atom. The fourth-order valence-corrected chi connectivity index (χ4v) is 2.68. The number of ether oxygens (including phenoxy) is 1. The molecule has 0 bridgehead atoms.